The van der Waals surface area contributed by atoms with Gasteiger partial charge in [-0.25, -0.2) is 9.37 Å². The van der Waals surface area contributed by atoms with Gasteiger partial charge in [-0.15, -0.1) is 11.3 Å². The van der Waals surface area contributed by atoms with Crippen molar-refractivity contribution in [3.8, 4) is 21.8 Å². The first-order chi connectivity index (χ1) is 16.0. The molecule has 1 aromatic heterocycles. The highest BCUT2D eigenvalue weighted by atomic mass is 35.5. The van der Waals surface area contributed by atoms with Crippen LogP contribution >= 0.6 is 22.9 Å². The van der Waals surface area contributed by atoms with Crippen LogP contribution in [0.1, 0.15) is 12.8 Å². The summed E-state index contributed by atoms with van der Waals surface area (Å²) in [6, 6.07) is 20.4. The van der Waals surface area contributed by atoms with Crippen molar-refractivity contribution in [2.75, 3.05) is 10.6 Å². The molecule has 0 atom stereocenters. The average molecular weight is 480 g/mol. The lowest BCUT2D eigenvalue weighted by Gasteiger charge is -2.07. The van der Waals surface area contributed by atoms with Crippen molar-refractivity contribution in [2.24, 2.45) is 0 Å². The number of nitrogens with zero attached hydrogens (tertiary/aromatic N) is 1. The van der Waals surface area contributed by atoms with Gasteiger partial charge in [-0.1, -0.05) is 35.9 Å². The fourth-order valence-corrected chi connectivity index (χ4v) is 4.02. The van der Waals surface area contributed by atoms with E-state index in [0.717, 1.165) is 21.8 Å². The Balaban J connectivity index is 1.29. The van der Waals surface area contributed by atoms with Crippen LogP contribution in [-0.4, -0.2) is 16.8 Å². The Morgan fingerprint density at radius 2 is 1.30 bits per heavy atom. The molecule has 0 fully saturated rings. The van der Waals surface area contributed by atoms with Crippen molar-refractivity contribution >= 4 is 46.1 Å². The number of hydrogen-bond donors (Lipinski definition) is 2. The van der Waals surface area contributed by atoms with Gasteiger partial charge >= 0.3 is 0 Å². The molecule has 0 bridgehead atoms. The van der Waals surface area contributed by atoms with E-state index in [4.69, 9.17) is 11.6 Å². The molecule has 0 aliphatic heterocycles. The minimum Gasteiger partial charge on any atom is -0.326 e. The normalized spacial score (nSPS) is 10.6. The lowest BCUT2D eigenvalue weighted by molar-refractivity contribution is -0.121. The summed E-state index contributed by atoms with van der Waals surface area (Å²) in [7, 11) is 0. The van der Waals surface area contributed by atoms with Gasteiger partial charge in [0, 0.05) is 45.7 Å². The summed E-state index contributed by atoms with van der Waals surface area (Å²) in [5.74, 6) is -0.960. The maximum atomic E-state index is 12.9. The molecule has 0 spiro atoms. The predicted octanol–water partition coefficient (Wildman–Crippen LogP) is 6.63. The van der Waals surface area contributed by atoms with E-state index < -0.39 is 0 Å². The smallest absolute Gasteiger partial charge is 0.224 e. The number of carbonyl (C=O) groups is 2. The van der Waals surface area contributed by atoms with Crippen LogP contribution < -0.4 is 10.6 Å². The van der Waals surface area contributed by atoms with E-state index in [2.05, 4.69) is 15.6 Å². The summed E-state index contributed by atoms with van der Waals surface area (Å²) in [6.45, 7) is 0. The molecule has 2 N–H and O–H groups in total. The van der Waals surface area contributed by atoms with Gasteiger partial charge in [-0.2, -0.15) is 0 Å². The molecule has 0 aliphatic rings. The molecule has 2 amide bonds. The van der Waals surface area contributed by atoms with Crippen molar-refractivity contribution < 1.29 is 14.0 Å². The van der Waals surface area contributed by atoms with Crippen molar-refractivity contribution in [1.82, 2.24) is 4.98 Å². The molecule has 0 saturated heterocycles. The van der Waals surface area contributed by atoms with E-state index in [0.29, 0.717) is 16.4 Å². The number of anilines is 2. The van der Waals surface area contributed by atoms with Crippen LogP contribution in [0.3, 0.4) is 0 Å². The monoisotopic (exact) mass is 479 g/mol. The third-order valence-electron chi connectivity index (χ3n) is 4.77. The topological polar surface area (TPSA) is 71.1 Å². The van der Waals surface area contributed by atoms with E-state index in [9.17, 15) is 14.0 Å². The summed E-state index contributed by atoms with van der Waals surface area (Å²) in [4.78, 5) is 28.9. The van der Waals surface area contributed by atoms with Crippen LogP contribution in [0.5, 0.6) is 0 Å². The Hall–Kier alpha value is -3.55. The summed E-state index contributed by atoms with van der Waals surface area (Å²) in [5.41, 5.74) is 3.90. The molecule has 4 aromatic rings. The molecular weight excluding hydrogens is 461 g/mol. The first-order valence-electron chi connectivity index (χ1n) is 10.1. The molecule has 8 heteroatoms. The zero-order valence-corrected chi connectivity index (χ0v) is 18.9. The van der Waals surface area contributed by atoms with Gasteiger partial charge in [0.2, 0.25) is 11.8 Å². The van der Waals surface area contributed by atoms with Crippen LogP contribution in [0.4, 0.5) is 15.8 Å². The lowest BCUT2D eigenvalue weighted by atomic mass is 10.1. The molecular formula is C25H19ClFN3O2S. The van der Waals surface area contributed by atoms with Crippen LogP contribution in [0.2, 0.25) is 5.02 Å². The minimum absolute atomic E-state index is 0.0214. The van der Waals surface area contributed by atoms with Crippen LogP contribution in [0, 0.1) is 5.82 Å². The van der Waals surface area contributed by atoms with Crippen molar-refractivity contribution in [3.05, 3.63) is 89.0 Å². The summed E-state index contributed by atoms with van der Waals surface area (Å²) < 4.78 is 12.9. The number of thiazole rings is 1. The molecule has 0 radical (unpaired) electrons. The number of nitrogens with one attached hydrogen (secondary N) is 2. The second-order valence-corrected chi connectivity index (χ2v) is 8.52. The number of halogens is 2. The third kappa shape index (κ3) is 6.25. The predicted molar refractivity (Wildman–Crippen MR) is 131 cm³/mol. The SMILES string of the molecule is O=C(CCC(=O)Nc1ccc(-c2csc(-c3ccc(Cl)cc3)n2)cc1)Nc1ccc(F)cc1. The van der Waals surface area contributed by atoms with Crippen molar-refractivity contribution in [3.63, 3.8) is 0 Å². The van der Waals surface area contributed by atoms with Crippen molar-refractivity contribution in [2.45, 2.75) is 12.8 Å². The molecule has 0 saturated carbocycles. The standard InChI is InChI=1S/C25H19ClFN3O2S/c26-18-5-1-17(2-6-18)25-30-22(15-33-25)16-3-9-20(10-4-16)28-23(31)13-14-24(32)29-21-11-7-19(27)8-12-21/h1-12,15H,13-14H2,(H,28,31)(H,29,32). The maximum absolute atomic E-state index is 12.9. The van der Waals surface area contributed by atoms with E-state index >= 15 is 0 Å². The summed E-state index contributed by atoms with van der Waals surface area (Å²) >= 11 is 7.49. The van der Waals surface area contributed by atoms with Crippen LogP contribution in [0.25, 0.3) is 21.8 Å². The van der Waals surface area contributed by atoms with Gasteiger partial charge in [0.25, 0.3) is 0 Å². The van der Waals surface area contributed by atoms with E-state index in [1.807, 2.05) is 41.8 Å². The maximum Gasteiger partial charge on any atom is 0.224 e. The second kappa shape index (κ2) is 10.4. The van der Waals surface area contributed by atoms with E-state index in [1.54, 1.807) is 23.5 Å². The molecule has 1 heterocycles. The zero-order chi connectivity index (χ0) is 23.2. The first-order valence-corrected chi connectivity index (χ1v) is 11.4. The molecule has 3 aromatic carbocycles. The van der Waals surface area contributed by atoms with Crippen LogP contribution in [0.15, 0.2) is 78.2 Å². The third-order valence-corrected chi connectivity index (χ3v) is 5.91. The fraction of sp³-hybridized carbons (Fsp3) is 0.0800. The Bertz CT molecular complexity index is 1260. The number of rotatable bonds is 7. The van der Waals surface area contributed by atoms with Crippen molar-refractivity contribution in [1.29, 1.82) is 0 Å². The summed E-state index contributed by atoms with van der Waals surface area (Å²) in [5, 5.41) is 8.98. The van der Waals surface area contributed by atoms with Gasteiger partial charge in [0.05, 0.1) is 5.69 Å². The quantitative estimate of drug-likeness (QED) is 0.312. The Morgan fingerprint density at radius 1 is 0.788 bits per heavy atom. The average Bonchev–Trinajstić information content (AvgIpc) is 3.30. The number of hydrogen-bond acceptors (Lipinski definition) is 4. The van der Waals surface area contributed by atoms with Gasteiger partial charge in [-0.3, -0.25) is 9.59 Å². The Kier molecular flexibility index (Phi) is 7.12. The van der Waals surface area contributed by atoms with E-state index in [-0.39, 0.29) is 30.5 Å². The molecule has 5 nitrogen and oxygen atoms in total. The number of benzene rings is 3. The highest BCUT2D eigenvalue weighted by Gasteiger charge is 2.10. The zero-order valence-electron chi connectivity index (χ0n) is 17.3. The molecule has 0 aliphatic carbocycles. The molecule has 0 unspecified atom stereocenters. The van der Waals surface area contributed by atoms with Gasteiger partial charge in [0.15, 0.2) is 0 Å². The Labute approximate surface area is 199 Å². The minimum atomic E-state index is -0.379. The largest absolute Gasteiger partial charge is 0.326 e. The number of carbonyl (C=O) groups excluding carboxylic acids is 2. The van der Waals surface area contributed by atoms with Gasteiger partial charge in [0.1, 0.15) is 10.8 Å². The van der Waals surface area contributed by atoms with Crippen LogP contribution in [-0.2, 0) is 9.59 Å². The second-order valence-electron chi connectivity index (χ2n) is 7.23. The highest BCUT2D eigenvalue weighted by Crippen LogP contribution is 2.30. The molecule has 4 rings (SSSR count). The van der Waals surface area contributed by atoms with E-state index in [1.165, 1.54) is 24.3 Å². The molecule has 33 heavy (non-hydrogen) atoms. The highest BCUT2D eigenvalue weighted by molar-refractivity contribution is 7.13. The first kappa shape index (κ1) is 22.6. The number of aromatic nitrogens is 1. The Morgan fingerprint density at radius 3 is 1.88 bits per heavy atom. The van der Waals surface area contributed by atoms with Gasteiger partial charge < -0.3 is 10.6 Å². The van der Waals surface area contributed by atoms with Gasteiger partial charge in [-0.05, 0) is 48.5 Å². The summed E-state index contributed by atoms with van der Waals surface area (Å²) in [6.07, 6.45) is 0.0545. The molecule has 166 valence electrons. The number of amides is 2. The lowest BCUT2D eigenvalue weighted by Crippen LogP contribution is -2.17. The fourth-order valence-electron chi connectivity index (χ4n) is 3.06.